The fourth-order valence-electron chi connectivity index (χ4n) is 0.813. The van der Waals surface area contributed by atoms with Gasteiger partial charge in [-0.15, -0.1) is 0 Å². The molecule has 0 aromatic heterocycles. The first-order valence-corrected chi connectivity index (χ1v) is 4.23. The van der Waals surface area contributed by atoms with Gasteiger partial charge in [0, 0.05) is 0 Å². The predicted octanol–water partition coefficient (Wildman–Crippen LogP) is 1.68. The molecule has 0 bridgehead atoms. The molecule has 68 valence electrons. The topological polar surface area (TPSA) is 38.7 Å². The number of nitrogens with zero attached hydrogens (tertiary/aromatic N) is 1. The summed E-state index contributed by atoms with van der Waals surface area (Å²) in [5, 5.41) is 2.21. The SMILES string of the molecule is CC[C@H](C)[C@H](N=C=S)C(=O)OC. The van der Waals surface area contributed by atoms with Crippen LogP contribution in [0.15, 0.2) is 4.99 Å². The highest BCUT2D eigenvalue weighted by Crippen LogP contribution is 2.12. The molecular formula is C8H13NO2S. The Morgan fingerprint density at radius 3 is 2.67 bits per heavy atom. The van der Waals surface area contributed by atoms with E-state index in [9.17, 15) is 4.79 Å². The summed E-state index contributed by atoms with van der Waals surface area (Å²) in [4.78, 5) is 14.9. The minimum Gasteiger partial charge on any atom is -0.467 e. The maximum Gasteiger partial charge on any atom is 0.331 e. The van der Waals surface area contributed by atoms with Crippen molar-refractivity contribution in [3.05, 3.63) is 0 Å². The molecule has 0 heterocycles. The monoisotopic (exact) mass is 187 g/mol. The Morgan fingerprint density at radius 2 is 2.33 bits per heavy atom. The van der Waals surface area contributed by atoms with Crippen molar-refractivity contribution in [1.82, 2.24) is 0 Å². The third-order valence-corrected chi connectivity index (χ3v) is 1.92. The number of isothiocyanates is 1. The fraction of sp³-hybridized carbons (Fsp3) is 0.750. The van der Waals surface area contributed by atoms with Crippen molar-refractivity contribution in [1.29, 1.82) is 0 Å². The van der Waals surface area contributed by atoms with Crippen molar-refractivity contribution >= 4 is 23.3 Å². The Morgan fingerprint density at radius 1 is 1.75 bits per heavy atom. The van der Waals surface area contributed by atoms with Gasteiger partial charge in [-0.1, -0.05) is 20.3 Å². The highest BCUT2D eigenvalue weighted by Gasteiger charge is 2.23. The molecule has 0 aromatic carbocycles. The molecule has 0 N–H and O–H groups in total. The van der Waals surface area contributed by atoms with E-state index in [-0.39, 0.29) is 11.9 Å². The molecule has 0 aliphatic rings. The van der Waals surface area contributed by atoms with E-state index < -0.39 is 6.04 Å². The number of thiocarbonyl (C=S) groups is 1. The van der Waals surface area contributed by atoms with Crippen molar-refractivity contribution in [2.45, 2.75) is 26.3 Å². The van der Waals surface area contributed by atoms with Crippen molar-refractivity contribution in [3.8, 4) is 0 Å². The number of hydrogen-bond acceptors (Lipinski definition) is 4. The van der Waals surface area contributed by atoms with Crippen LogP contribution in [0.5, 0.6) is 0 Å². The Kier molecular flexibility index (Phi) is 5.51. The number of ether oxygens (including phenoxy) is 1. The van der Waals surface area contributed by atoms with E-state index in [1.54, 1.807) is 0 Å². The lowest BCUT2D eigenvalue weighted by Gasteiger charge is -2.14. The summed E-state index contributed by atoms with van der Waals surface area (Å²) in [5.74, 6) is -0.199. The van der Waals surface area contributed by atoms with Crippen LogP contribution in [0.3, 0.4) is 0 Å². The standard InChI is InChI=1S/C8H13NO2S/c1-4-6(2)7(9-5-12)8(10)11-3/h6-7H,4H2,1-3H3/t6-,7-/m0/s1. The summed E-state index contributed by atoms with van der Waals surface area (Å²) >= 11 is 4.44. The van der Waals surface area contributed by atoms with Gasteiger partial charge in [0.05, 0.1) is 12.3 Å². The van der Waals surface area contributed by atoms with Crippen molar-refractivity contribution in [2.24, 2.45) is 10.9 Å². The van der Waals surface area contributed by atoms with Crippen LogP contribution in [0, 0.1) is 5.92 Å². The number of hydrogen-bond donors (Lipinski definition) is 0. The normalized spacial score (nSPS) is 14.2. The molecule has 0 amide bonds. The zero-order chi connectivity index (χ0) is 9.56. The van der Waals surface area contributed by atoms with E-state index in [1.807, 2.05) is 13.8 Å². The molecule has 3 nitrogen and oxygen atoms in total. The average Bonchev–Trinajstić information content (AvgIpc) is 2.11. The lowest BCUT2D eigenvalue weighted by atomic mass is 10.0. The minimum absolute atomic E-state index is 0.146. The van der Waals surface area contributed by atoms with Gasteiger partial charge in [0.2, 0.25) is 0 Å². The van der Waals surface area contributed by atoms with Gasteiger partial charge in [0.1, 0.15) is 0 Å². The number of esters is 1. The number of carbonyl (C=O) groups is 1. The van der Waals surface area contributed by atoms with Crippen LogP contribution in [-0.2, 0) is 9.53 Å². The Hall–Kier alpha value is -0.730. The summed E-state index contributed by atoms with van der Waals surface area (Å²) in [6.07, 6.45) is 0.861. The van der Waals surface area contributed by atoms with E-state index in [0.717, 1.165) is 6.42 Å². The molecule has 0 rings (SSSR count). The average molecular weight is 187 g/mol. The zero-order valence-electron chi connectivity index (χ0n) is 7.53. The molecule has 2 atom stereocenters. The summed E-state index contributed by atoms with van der Waals surface area (Å²) in [7, 11) is 1.34. The van der Waals surface area contributed by atoms with E-state index in [2.05, 4.69) is 27.1 Å². The van der Waals surface area contributed by atoms with Crippen LogP contribution >= 0.6 is 12.2 Å². The second kappa shape index (κ2) is 5.86. The molecule has 0 aliphatic carbocycles. The summed E-state index contributed by atoms with van der Waals surface area (Å²) in [6.45, 7) is 3.91. The first-order valence-electron chi connectivity index (χ1n) is 3.82. The quantitative estimate of drug-likeness (QED) is 0.382. The second-order valence-corrected chi connectivity index (χ2v) is 2.76. The smallest absolute Gasteiger partial charge is 0.331 e. The van der Waals surface area contributed by atoms with Crippen molar-refractivity contribution in [3.63, 3.8) is 0 Å². The molecule has 0 unspecified atom stereocenters. The van der Waals surface area contributed by atoms with E-state index in [0.29, 0.717) is 0 Å². The van der Waals surface area contributed by atoms with Crippen LogP contribution in [0.2, 0.25) is 0 Å². The third kappa shape index (κ3) is 3.11. The molecule has 12 heavy (non-hydrogen) atoms. The molecule has 0 aromatic rings. The molecule has 0 fully saturated rings. The van der Waals surface area contributed by atoms with Gasteiger partial charge < -0.3 is 4.74 Å². The lowest BCUT2D eigenvalue weighted by Crippen LogP contribution is -2.26. The van der Waals surface area contributed by atoms with E-state index in [4.69, 9.17) is 0 Å². The fourth-order valence-corrected chi connectivity index (χ4v) is 0.927. The molecule has 0 aliphatic heterocycles. The Balaban J connectivity index is 4.42. The summed E-state index contributed by atoms with van der Waals surface area (Å²) in [5.41, 5.74) is 0. The minimum atomic E-state index is -0.488. The maximum absolute atomic E-state index is 11.1. The van der Waals surface area contributed by atoms with Gasteiger partial charge in [0.15, 0.2) is 6.04 Å². The Bertz CT molecular complexity index is 199. The largest absolute Gasteiger partial charge is 0.467 e. The first-order chi connectivity index (χ1) is 5.67. The molecular weight excluding hydrogens is 174 g/mol. The molecule has 4 heteroatoms. The zero-order valence-corrected chi connectivity index (χ0v) is 8.35. The van der Waals surface area contributed by atoms with Crippen LogP contribution in [0.25, 0.3) is 0 Å². The predicted molar refractivity (Wildman–Crippen MR) is 50.3 cm³/mol. The van der Waals surface area contributed by atoms with Crippen LogP contribution < -0.4 is 0 Å². The number of methoxy groups -OCH3 is 1. The molecule has 0 saturated heterocycles. The maximum atomic E-state index is 11.1. The van der Waals surface area contributed by atoms with Gasteiger partial charge in [-0.2, -0.15) is 0 Å². The molecule has 0 radical (unpaired) electrons. The summed E-state index contributed by atoms with van der Waals surface area (Å²) in [6, 6.07) is -0.488. The molecule has 0 saturated carbocycles. The first kappa shape index (κ1) is 11.3. The second-order valence-electron chi connectivity index (χ2n) is 2.57. The Labute approximate surface area is 77.8 Å². The highest BCUT2D eigenvalue weighted by atomic mass is 32.1. The third-order valence-electron chi connectivity index (χ3n) is 1.82. The van der Waals surface area contributed by atoms with Gasteiger partial charge in [-0.25, -0.2) is 9.79 Å². The number of rotatable bonds is 4. The van der Waals surface area contributed by atoms with Gasteiger partial charge >= 0.3 is 5.97 Å². The number of carbonyl (C=O) groups excluding carboxylic acids is 1. The van der Waals surface area contributed by atoms with Crippen molar-refractivity contribution in [2.75, 3.05) is 7.11 Å². The van der Waals surface area contributed by atoms with Crippen LogP contribution in [0.4, 0.5) is 0 Å². The molecule has 0 spiro atoms. The summed E-state index contributed by atoms with van der Waals surface area (Å²) < 4.78 is 4.57. The van der Waals surface area contributed by atoms with E-state index in [1.165, 1.54) is 7.11 Å². The van der Waals surface area contributed by atoms with Crippen LogP contribution in [0.1, 0.15) is 20.3 Å². The van der Waals surface area contributed by atoms with Crippen LogP contribution in [-0.4, -0.2) is 24.3 Å². The van der Waals surface area contributed by atoms with Gasteiger partial charge in [-0.05, 0) is 18.1 Å². The van der Waals surface area contributed by atoms with E-state index >= 15 is 0 Å². The van der Waals surface area contributed by atoms with Crippen molar-refractivity contribution < 1.29 is 9.53 Å². The number of aliphatic imine (C=N–C) groups is 1. The van der Waals surface area contributed by atoms with Gasteiger partial charge in [0.25, 0.3) is 0 Å². The lowest BCUT2D eigenvalue weighted by molar-refractivity contribution is -0.143. The van der Waals surface area contributed by atoms with Gasteiger partial charge in [-0.3, -0.25) is 0 Å². The highest BCUT2D eigenvalue weighted by molar-refractivity contribution is 7.78.